The summed E-state index contributed by atoms with van der Waals surface area (Å²) in [5.74, 6) is -5.98. The van der Waals surface area contributed by atoms with Crippen LogP contribution in [0.5, 0.6) is 0 Å². The lowest BCUT2D eigenvalue weighted by atomic mass is 9.49. The van der Waals surface area contributed by atoms with Crippen molar-refractivity contribution in [3.05, 3.63) is 63.6 Å². The fourth-order valence-electron chi connectivity index (χ4n) is 15.7. The van der Waals surface area contributed by atoms with E-state index in [9.17, 15) is 45.2 Å². The van der Waals surface area contributed by atoms with E-state index in [-0.39, 0.29) is 50.4 Å². The van der Waals surface area contributed by atoms with Crippen molar-refractivity contribution in [3.8, 4) is 0 Å². The first-order chi connectivity index (χ1) is 39.6. The zero-order valence-electron chi connectivity index (χ0n) is 50.5. The average Bonchev–Trinajstić information content (AvgIpc) is 1.36. The molecule has 28 atom stereocenters. The Bertz CT molecular complexity index is 2580. The predicted molar refractivity (Wildman–Crippen MR) is 295 cm³/mol. The third-order valence-electron chi connectivity index (χ3n) is 20.1. The van der Waals surface area contributed by atoms with Gasteiger partial charge in [-0.1, -0.05) is 63.6 Å². The fraction of sp³-hybridized carbons (Fsp3) is 0.770. The van der Waals surface area contributed by atoms with Crippen LogP contribution < -0.4 is 10.7 Å². The first kappa shape index (κ1) is 64.6. The number of rotatable bonds is 13. The average molecular weight is 1190 g/mol. The summed E-state index contributed by atoms with van der Waals surface area (Å²) in [5, 5.41) is 69.3. The zero-order valence-corrected chi connectivity index (χ0v) is 50.5. The lowest BCUT2D eigenvalue weighted by Crippen LogP contribution is -3.17. The Kier molecular flexibility index (Phi) is 19.5. The number of aldehydes is 1. The molecule has 2 bridgehead atoms. The molecule has 9 rings (SSSR count). The van der Waals surface area contributed by atoms with E-state index in [2.05, 4.69) is 25.4 Å². The minimum absolute atomic E-state index is 0.0133. The number of methoxy groups -OCH3 is 1. The van der Waals surface area contributed by atoms with E-state index < -0.39 is 185 Å². The van der Waals surface area contributed by atoms with Crippen LogP contribution in [0.4, 0.5) is 0 Å². The van der Waals surface area contributed by atoms with Crippen molar-refractivity contribution in [3.63, 3.8) is 0 Å². The Morgan fingerprint density at radius 2 is 1.39 bits per heavy atom. The number of ketones is 1. The normalized spacial score (nSPS) is 48.9. The number of carbonyl (C=O) groups is 4. The molecule has 1 unspecified atom stereocenters. The molecular weight excluding hydrogens is 1100 g/mol. The number of Topliss-reactive ketones (excluding diaryl/α,β-unsaturated/α-hetero) is 1. The van der Waals surface area contributed by atoms with Gasteiger partial charge in [-0.3, -0.25) is 14.4 Å². The van der Waals surface area contributed by atoms with Crippen molar-refractivity contribution in [2.24, 2.45) is 46.8 Å². The Morgan fingerprint density at radius 3 is 2.02 bits per heavy atom. The van der Waals surface area contributed by atoms with Crippen LogP contribution in [0.15, 0.2) is 58.4 Å². The summed E-state index contributed by atoms with van der Waals surface area (Å²) in [5.41, 5.74) is -0.850. The van der Waals surface area contributed by atoms with Gasteiger partial charge in [0.2, 0.25) is 5.78 Å². The molecule has 5 aliphatic heterocycles. The predicted octanol–water partition coefficient (Wildman–Crippen LogP) is 3.99. The van der Waals surface area contributed by atoms with E-state index in [1.807, 2.05) is 26.0 Å². The van der Waals surface area contributed by atoms with Gasteiger partial charge in [-0.2, -0.15) is 0 Å². The fourth-order valence-corrected chi connectivity index (χ4v) is 15.7. The molecule has 0 aromatic rings. The second-order valence-corrected chi connectivity index (χ2v) is 26.0. The number of quaternary nitrogens is 1. The van der Waals surface area contributed by atoms with E-state index in [1.54, 1.807) is 53.7 Å². The van der Waals surface area contributed by atoms with Crippen LogP contribution in [0, 0.1) is 52.0 Å². The van der Waals surface area contributed by atoms with Crippen molar-refractivity contribution in [1.29, 1.82) is 0 Å². The molecule has 470 valence electrons. The molecule has 0 aromatic carbocycles. The summed E-state index contributed by atoms with van der Waals surface area (Å²) in [6.45, 7) is 21.2. The number of nitrogens with one attached hydrogen (secondary N) is 2. The molecule has 4 aliphatic carbocycles. The van der Waals surface area contributed by atoms with Gasteiger partial charge < -0.3 is 77.8 Å². The van der Waals surface area contributed by atoms with Gasteiger partial charge in [0.25, 0.3) is 0 Å². The number of hydroxylamine groups is 3. The molecule has 1 spiro atoms. The monoisotopic (exact) mass is 1190 g/mol. The quantitative estimate of drug-likeness (QED) is 0.0451. The van der Waals surface area contributed by atoms with E-state index in [4.69, 9.17) is 52.2 Å². The molecule has 9 aliphatic rings. The van der Waals surface area contributed by atoms with Crippen LogP contribution >= 0.6 is 0 Å². The molecule has 23 nitrogen and oxygen atoms in total. The Labute approximate surface area is 491 Å². The summed E-state index contributed by atoms with van der Waals surface area (Å²) >= 11 is 0. The molecule has 0 amide bonds. The second kappa shape index (κ2) is 25.3. The van der Waals surface area contributed by atoms with E-state index >= 15 is 4.79 Å². The molecule has 0 radical (unpaired) electrons. The Hall–Kier alpha value is -3.86. The third-order valence-corrected chi connectivity index (χ3v) is 20.1. The highest BCUT2D eigenvalue weighted by atomic mass is 16.8. The van der Waals surface area contributed by atoms with Gasteiger partial charge in [0.1, 0.15) is 42.0 Å². The third kappa shape index (κ3) is 12.1. The van der Waals surface area contributed by atoms with Gasteiger partial charge in [-0.05, 0) is 96.1 Å². The number of ether oxygens (including phenoxy) is 10. The Morgan fingerprint density at radius 1 is 0.774 bits per heavy atom. The maximum atomic E-state index is 15.5. The lowest BCUT2D eigenvalue weighted by molar-refractivity contribution is -1.09. The van der Waals surface area contributed by atoms with Crippen LogP contribution in [-0.2, 0) is 71.4 Å². The number of allylic oxidation sites excluding steroid dienone is 4. The van der Waals surface area contributed by atoms with Crippen molar-refractivity contribution in [2.45, 2.75) is 244 Å². The number of hydrogen-bond acceptors (Lipinski definition) is 22. The zero-order chi connectivity index (χ0) is 61.2. The first-order valence-corrected chi connectivity index (χ1v) is 30.0. The number of aliphatic hydroxyl groups is 4. The van der Waals surface area contributed by atoms with Gasteiger partial charge in [0.05, 0.1) is 61.4 Å². The van der Waals surface area contributed by atoms with Crippen LogP contribution in [0.25, 0.3) is 0 Å². The molecular formula is C61H90N2O21. The standard InChI is InChI=1S/C61H90N2O21/c1-27-14-17-43(79-48-25-59(11,63(72)73)55(35(9)78-48)62-84-36(10)65)28(2)19-38-20-37(26-64)31(5)24-61(38)57(70)49(58(71)83-61)56(69)60(12)40(27)16-15-39-50(60)29(3)18-30(4)52(39)81-47-23-44(51(68)32(6)75-47)80-45-22-42(67)54(34(8)77-45)82-46-21-41(66)53(74-13)33(7)76-46/h14-16,19-20,26,29-35,38-48,50-55,62-63,66-69,72H,17-18,21-25H2,1-13H3/b27-14+,28-19+,56-49?/t29-,30-,31+,32-,33-,34-,35+,38+,39-,40-,41+,42+,43-,44+,45-,46+,47-,48-,50+,51-,52-,53-,54-,55-,59-,60+,61-/m0/s1. The highest BCUT2D eigenvalue weighted by Crippen LogP contribution is 2.61. The largest absolute Gasteiger partial charge is 0.600 e. The number of fused-ring (bicyclic) bond motifs is 4. The summed E-state index contributed by atoms with van der Waals surface area (Å²) in [6, 6.07) is -0.953. The highest BCUT2D eigenvalue weighted by molar-refractivity contribution is 6.26. The molecule has 23 heteroatoms. The molecule has 0 aromatic heterocycles. The number of esters is 1. The maximum Gasteiger partial charge on any atom is 0.346 e. The van der Waals surface area contributed by atoms with E-state index in [0.29, 0.717) is 17.6 Å². The van der Waals surface area contributed by atoms with Gasteiger partial charge in [0.15, 0.2) is 36.3 Å². The van der Waals surface area contributed by atoms with Gasteiger partial charge in [0, 0.05) is 62.9 Å². The molecule has 6 fully saturated rings. The van der Waals surface area contributed by atoms with E-state index in [1.165, 1.54) is 21.0 Å². The summed E-state index contributed by atoms with van der Waals surface area (Å²) in [6.07, 6.45) is -1.93. The maximum absolute atomic E-state index is 15.5. The lowest BCUT2D eigenvalue weighted by Gasteiger charge is -2.56. The molecule has 1 saturated carbocycles. The summed E-state index contributed by atoms with van der Waals surface area (Å²) < 4.78 is 63.2. The molecule has 5 heterocycles. The Balaban J connectivity index is 1.01. The van der Waals surface area contributed by atoms with Crippen molar-refractivity contribution in [1.82, 2.24) is 5.48 Å². The van der Waals surface area contributed by atoms with Crippen molar-refractivity contribution >= 4 is 24.0 Å². The summed E-state index contributed by atoms with van der Waals surface area (Å²) in [7, 11) is 1.50. The number of carbonyl (C=O) groups excluding carboxylic acids is 4. The van der Waals surface area contributed by atoms with Crippen LogP contribution in [0.2, 0.25) is 0 Å². The van der Waals surface area contributed by atoms with Gasteiger partial charge in [-0.25, -0.2) is 15.2 Å². The minimum Gasteiger partial charge on any atom is -0.600 e. The first-order valence-electron chi connectivity index (χ1n) is 30.0. The smallest absolute Gasteiger partial charge is 0.346 e. The van der Waals surface area contributed by atoms with Crippen molar-refractivity contribution < 1.29 is 102 Å². The van der Waals surface area contributed by atoms with E-state index in [0.717, 1.165) is 11.9 Å². The van der Waals surface area contributed by atoms with Crippen LogP contribution in [-0.4, -0.2) is 172 Å². The number of aliphatic hydroxyl groups excluding tert-OH is 4. The van der Waals surface area contributed by atoms with Gasteiger partial charge in [-0.15, -0.1) is 5.48 Å². The SMILES string of the molecule is CO[C@@H]1[C@H](O)C[C@@H](O[C@@H]2[C@H](O)C[C@H](O[C@@H]3C[C@H](O[C@@H]4[C@H]5C=C[C@H]6/C(C)=C/C[C@H](O[C@H]7C[C@](C)([NH+]([O-])O)[C@@H](NOC(C)=O)[C@@H](C)O7)/C(C)=C/[C@@H]7C=C(C=O)[C@H](C)C[C@]78OC(=O)C(=C(O)[C@@]6(C)[C@@H]5[C@@H](C)C[C@@H]4C)C8=O)O[C@@H](C)[C@@H]3O)O[C@H]2C)O[C@H]1C. The molecule has 5 saturated heterocycles. The topological polar surface area (TPSA) is 310 Å². The second-order valence-electron chi connectivity index (χ2n) is 26.0. The van der Waals surface area contributed by atoms with Gasteiger partial charge >= 0.3 is 11.9 Å². The molecule has 7 N–H and O–H groups in total. The molecule has 84 heavy (non-hydrogen) atoms. The minimum atomic E-state index is -1.86. The highest BCUT2D eigenvalue weighted by Gasteiger charge is 2.64. The van der Waals surface area contributed by atoms with Crippen LogP contribution in [0.3, 0.4) is 0 Å². The van der Waals surface area contributed by atoms with Crippen molar-refractivity contribution in [2.75, 3.05) is 7.11 Å². The number of hydrogen-bond donors (Lipinski definition) is 7. The van der Waals surface area contributed by atoms with Crippen LogP contribution in [0.1, 0.15) is 128 Å². The summed E-state index contributed by atoms with van der Waals surface area (Å²) in [4.78, 5) is 59.7.